The molecule has 0 radical (unpaired) electrons. The molecule has 1 aliphatic heterocycles. The van der Waals surface area contributed by atoms with Crippen LogP contribution in [0, 0.1) is 12.8 Å². The number of imidazole rings is 1. The number of aromatic nitrogens is 2. The van der Waals surface area contributed by atoms with Crippen LogP contribution < -0.4 is 15.0 Å². The number of H-pyrrole nitrogens is 1. The van der Waals surface area contributed by atoms with Crippen LogP contribution in [-0.2, 0) is 22.4 Å². The fraction of sp³-hybridized carbons (Fsp3) is 0.442. The Morgan fingerprint density at radius 3 is 2.49 bits per heavy atom. The van der Waals surface area contributed by atoms with Crippen molar-refractivity contribution >= 4 is 35.1 Å². The SMILES string of the molecule is CCCCOCCOc1ccc(-c2ccc3c(c2)/C=C(/C(=O)Nc2ccc(SCCc4[nH]c(CCC)nc4C)cc2)CCCN3CC(C)C)cc1. The van der Waals surface area contributed by atoms with Crippen molar-refractivity contribution in [2.24, 2.45) is 5.92 Å². The Morgan fingerprint density at radius 2 is 1.75 bits per heavy atom. The molecule has 0 fully saturated rings. The summed E-state index contributed by atoms with van der Waals surface area (Å²) in [6.45, 7) is 14.7. The summed E-state index contributed by atoms with van der Waals surface area (Å²) < 4.78 is 11.5. The molecule has 0 unspecified atom stereocenters. The number of nitrogens with one attached hydrogen (secondary N) is 2. The lowest BCUT2D eigenvalue weighted by molar-refractivity contribution is -0.112. The zero-order valence-corrected chi connectivity index (χ0v) is 32.0. The third kappa shape index (κ3) is 11.5. The second-order valence-corrected chi connectivity index (χ2v) is 15.0. The van der Waals surface area contributed by atoms with E-state index in [1.54, 1.807) is 0 Å². The molecule has 4 aromatic rings. The van der Waals surface area contributed by atoms with Crippen LogP contribution in [0.5, 0.6) is 5.75 Å². The van der Waals surface area contributed by atoms with E-state index in [0.29, 0.717) is 19.1 Å². The number of fused-ring (bicyclic) bond motifs is 1. The number of unbranched alkanes of at least 4 members (excludes halogenated alkanes) is 1. The van der Waals surface area contributed by atoms with Gasteiger partial charge in [0.05, 0.1) is 12.3 Å². The van der Waals surface area contributed by atoms with Gasteiger partial charge in [-0.1, -0.05) is 52.3 Å². The van der Waals surface area contributed by atoms with E-state index in [4.69, 9.17) is 9.47 Å². The predicted molar refractivity (Wildman–Crippen MR) is 214 cm³/mol. The normalized spacial score (nSPS) is 14.1. The Labute approximate surface area is 309 Å². The highest BCUT2D eigenvalue weighted by Crippen LogP contribution is 2.33. The molecule has 7 nitrogen and oxygen atoms in total. The zero-order valence-electron chi connectivity index (χ0n) is 31.2. The van der Waals surface area contributed by atoms with Crippen molar-refractivity contribution in [2.75, 3.05) is 48.9 Å². The third-order valence-corrected chi connectivity index (χ3v) is 10.0. The second kappa shape index (κ2) is 19.6. The maximum atomic E-state index is 13.7. The van der Waals surface area contributed by atoms with E-state index in [9.17, 15) is 4.79 Å². The molecule has 0 atom stereocenters. The van der Waals surface area contributed by atoms with Gasteiger partial charge in [0.2, 0.25) is 0 Å². The van der Waals surface area contributed by atoms with E-state index in [1.165, 1.54) is 16.3 Å². The van der Waals surface area contributed by atoms with E-state index >= 15 is 0 Å². The van der Waals surface area contributed by atoms with Crippen LogP contribution in [0.2, 0.25) is 0 Å². The number of hydrogen-bond donors (Lipinski definition) is 2. The number of thioether (sulfide) groups is 1. The quantitative estimate of drug-likeness (QED) is 0.0791. The molecule has 0 saturated carbocycles. The first kappa shape index (κ1) is 38.2. The van der Waals surface area contributed by atoms with E-state index in [-0.39, 0.29) is 5.91 Å². The summed E-state index contributed by atoms with van der Waals surface area (Å²) in [5.41, 5.74) is 8.42. The lowest BCUT2D eigenvalue weighted by atomic mass is 9.96. The fourth-order valence-corrected chi connectivity index (χ4v) is 7.25. The Hall–Kier alpha value is -4.01. The van der Waals surface area contributed by atoms with Crippen LogP contribution in [0.3, 0.4) is 0 Å². The van der Waals surface area contributed by atoms with Gasteiger partial charge < -0.3 is 24.7 Å². The van der Waals surface area contributed by atoms with Gasteiger partial charge in [-0.3, -0.25) is 4.79 Å². The summed E-state index contributed by atoms with van der Waals surface area (Å²) >= 11 is 1.82. The Kier molecular flexibility index (Phi) is 14.7. The molecule has 0 aliphatic carbocycles. The minimum absolute atomic E-state index is 0.0400. The molecule has 51 heavy (non-hydrogen) atoms. The van der Waals surface area contributed by atoms with Crippen LogP contribution in [0.4, 0.5) is 11.4 Å². The van der Waals surface area contributed by atoms with Crippen molar-refractivity contribution < 1.29 is 14.3 Å². The van der Waals surface area contributed by atoms with E-state index in [2.05, 4.69) is 103 Å². The van der Waals surface area contributed by atoms with Crippen LogP contribution in [0.15, 0.2) is 77.2 Å². The van der Waals surface area contributed by atoms with Crippen LogP contribution in [-0.4, -0.2) is 54.5 Å². The van der Waals surface area contributed by atoms with Gasteiger partial charge >= 0.3 is 0 Å². The number of anilines is 2. The molecular weight excluding hydrogens is 653 g/mol. The van der Waals surface area contributed by atoms with Crippen molar-refractivity contribution in [3.63, 3.8) is 0 Å². The molecule has 0 bridgehead atoms. The minimum atomic E-state index is -0.0400. The standard InChI is InChI=1S/C43H56N4O3S/c1-6-8-24-49-25-26-50-38-17-12-33(13-18-38)34-14-21-41-36(28-34)29-35(11-9-23-47(41)30-31(3)4)43(48)45-37-15-19-39(20-16-37)51-27-22-40-32(5)44-42(46-40)10-7-2/h12-21,28-29,31H,6-11,22-27,30H2,1-5H3,(H,44,46)(H,45,48)/b35-29+. The van der Waals surface area contributed by atoms with E-state index < -0.39 is 0 Å². The number of ether oxygens (including phenoxy) is 2. The minimum Gasteiger partial charge on any atom is -0.491 e. The number of hydrogen-bond acceptors (Lipinski definition) is 6. The average molecular weight is 709 g/mol. The number of carbonyl (C=O) groups excluding carboxylic acids is 1. The Morgan fingerprint density at radius 1 is 0.961 bits per heavy atom. The van der Waals surface area contributed by atoms with Gasteiger partial charge in [-0.15, -0.1) is 11.8 Å². The number of nitrogens with zero attached hydrogens (tertiary/aromatic N) is 2. The zero-order chi connectivity index (χ0) is 36.0. The Balaban J connectivity index is 1.25. The van der Waals surface area contributed by atoms with Crippen molar-refractivity contribution in [3.05, 3.63) is 95.1 Å². The van der Waals surface area contributed by atoms with Gasteiger partial charge in [-0.2, -0.15) is 0 Å². The number of carbonyl (C=O) groups is 1. The fourth-order valence-electron chi connectivity index (χ4n) is 6.38. The Bertz CT molecular complexity index is 1710. The van der Waals surface area contributed by atoms with Crippen molar-refractivity contribution in [2.45, 2.75) is 84.5 Å². The average Bonchev–Trinajstić information content (AvgIpc) is 3.47. The van der Waals surface area contributed by atoms with Crippen LogP contribution in [0.25, 0.3) is 17.2 Å². The van der Waals surface area contributed by atoms with Gasteiger partial charge in [0.15, 0.2) is 0 Å². The van der Waals surface area contributed by atoms with Gasteiger partial charge in [0, 0.05) is 59.4 Å². The molecule has 1 aromatic heterocycles. The lowest BCUT2D eigenvalue weighted by Crippen LogP contribution is -2.30. The topological polar surface area (TPSA) is 79.5 Å². The summed E-state index contributed by atoms with van der Waals surface area (Å²) in [5.74, 6) is 3.38. The third-order valence-electron chi connectivity index (χ3n) is 9.03. The molecule has 2 N–H and O–H groups in total. The monoisotopic (exact) mass is 708 g/mol. The molecule has 1 aliphatic rings. The van der Waals surface area contributed by atoms with Crippen molar-refractivity contribution in [1.82, 2.24) is 9.97 Å². The number of amides is 1. The molecular formula is C43H56N4O3S. The first-order valence-corrected chi connectivity index (χ1v) is 19.8. The maximum Gasteiger partial charge on any atom is 0.251 e. The molecule has 0 saturated heterocycles. The maximum absolute atomic E-state index is 13.7. The van der Waals surface area contributed by atoms with Crippen LogP contribution >= 0.6 is 11.8 Å². The first-order chi connectivity index (χ1) is 24.8. The number of aryl methyl sites for hydroxylation is 3. The van der Waals surface area contributed by atoms with Gasteiger partial charge in [-0.05, 0) is 116 Å². The van der Waals surface area contributed by atoms with Gasteiger partial charge in [-0.25, -0.2) is 4.98 Å². The summed E-state index contributed by atoms with van der Waals surface area (Å²) in [7, 11) is 0. The van der Waals surface area contributed by atoms with Crippen molar-refractivity contribution in [3.8, 4) is 16.9 Å². The van der Waals surface area contributed by atoms with E-state index in [1.807, 2.05) is 36.0 Å². The molecule has 1 amide bonds. The number of benzene rings is 3. The van der Waals surface area contributed by atoms with Crippen molar-refractivity contribution in [1.29, 1.82) is 0 Å². The first-order valence-electron chi connectivity index (χ1n) is 18.8. The second-order valence-electron chi connectivity index (χ2n) is 13.8. The highest BCUT2D eigenvalue weighted by molar-refractivity contribution is 7.99. The smallest absolute Gasteiger partial charge is 0.251 e. The number of aromatic amines is 1. The summed E-state index contributed by atoms with van der Waals surface area (Å²) in [6, 6.07) is 23.1. The molecule has 5 rings (SSSR count). The van der Waals surface area contributed by atoms with E-state index in [0.717, 1.165) is 116 Å². The lowest BCUT2D eigenvalue weighted by Gasteiger charge is -2.30. The highest BCUT2D eigenvalue weighted by Gasteiger charge is 2.20. The van der Waals surface area contributed by atoms with Gasteiger partial charge in [0.1, 0.15) is 18.2 Å². The largest absolute Gasteiger partial charge is 0.491 e. The molecule has 8 heteroatoms. The van der Waals surface area contributed by atoms with Gasteiger partial charge in [0.25, 0.3) is 5.91 Å². The summed E-state index contributed by atoms with van der Waals surface area (Å²) in [4.78, 5) is 25.5. The molecule has 0 spiro atoms. The predicted octanol–water partition coefficient (Wildman–Crippen LogP) is 10.1. The molecule has 3 aromatic carbocycles. The molecule has 2 heterocycles. The summed E-state index contributed by atoms with van der Waals surface area (Å²) in [6.07, 6.45) is 8.98. The number of rotatable bonds is 18. The van der Waals surface area contributed by atoms with Crippen LogP contribution in [0.1, 0.15) is 82.6 Å². The highest BCUT2D eigenvalue weighted by atomic mass is 32.2. The summed E-state index contributed by atoms with van der Waals surface area (Å²) in [5, 5.41) is 3.18. The molecule has 272 valence electrons.